The standard InChI is InChI=1S/C24H27N3O4/c28-23(26-31)12-11-18-7-9-19(10-8-18)17-27(14-3-6-24(29)30)15-13-20-16-25-22-5-2-1-4-21(20)22/h1-2,4-5,7-12,16,25,31H,3,6,13-15,17H2,(H,26,28)(H,29,30)/b12-11+. The van der Waals surface area contributed by atoms with Crippen LogP contribution < -0.4 is 5.48 Å². The maximum atomic E-state index is 11.1. The van der Waals surface area contributed by atoms with E-state index < -0.39 is 11.9 Å². The van der Waals surface area contributed by atoms with Crippen LogP contribution in [0.3, 0.4) is 0 Å². The molecular formula is C24H27N3O4. The molecule has 0 saturated heterocycles. The van der Waals surface area contributed by atoms with Crippen LogP contribution in [-0.4, -0.2) is 45.2 Å². The van der Waals surface area contributed by atoms with Gasteiger partial charge in [-0.1, -0.05) is 42.5 Å². The van der Waals surface area contributed by atoms with Crippen LogP contribution in [0.2, 0.25) is 0 Å². The molecule has 2 aromatic carbocycles. The van der Waals surface area contributed by atoms with E-state index in [1.54, 1.807) is 11.6 Å². The quantitative estimate of drug-likeness (QED) is 0.215. The molecule has 0 unspecified atom stereocenters. The van der Waals surface area contributed by atoms with Crippen LogP contribution in [0.1, 0.15) is 29.5 Å². The third-order valence-electron chi connectivity index (χ3n) is 5.16. The number of nitrogens with one attached hydrogen (secondary N) is 2. The Kier molecular flexibility index (Phi) is 7.98. The first-order valence-electron chi connectivity index (χ1n) is 10.3. The zero-order chi connectivity index (χ0) is 22.1. The highest BCUT2D eigenvalue weighted by Crippen LogP contribution is 2.19. The number of hydroxylamine groups is 1. The Morgan fingerprint density at radius 3 is 2.58 bits per heavy atom. The molecule has 0 spiro atoms. The number of nitrogens with zero attached hydrogens (tertiary/aromatic N) is 1. The van der Waals surface area contributed by atoms with E-state index in [0.29, 0.717) is 19.5 Å². The second-order valence-electron chi connectivity index (χ2n) is 7.43. The molecule has 0 atom stereocenters. The first kappa shape index (κ1) is 22.3. The molecule has 7 heteroatoms. The van der Waals surface area contributed by atoms with E-state index in [1.807, 2.05) is 42.6 Å². The van der Waals surface area contributed by atoms with Gasteiger partial charge in [-0.3, -0.25) is 19.7 Å². The Balaban J connectivity index is 1.64. The van der Waals surface area contributed by atoms with Crippen molar-refractivity contribution in [2.45, 2.75) is 25.8 Å². The second-order valence-corrected chi connectivity index (χ2v) is 7.43. The Bertz CT molecular complexity index is 1040. The van der Waals surface area contributed by atoms with Gasteiger partial charge in [0.15, 0.2) is 0 Å². The Labute approximate surface area is 181 Å². The van der Waals surface area contributed by atoms with Gasteiger partial charge in [-0.15, -0.1) is 0 Å². The number of aliphatic carboxylic acids is 1. The fourth-order valence-corrected chi connectivity index (χ4v) is 3.54. The summed E-state index contributed by atoms with van der Waals surface area (Å²) in [5.41, 5.74) is 5.89. The van der Waals surface area contributed by atoms with E-state index in [4.69, 9.17) is 10.3 Å². The third-order valence-corrected chi connectivity index (χ3v) is 5.16. The van der Waals surface area contributed by atoms with Crippen molar-refractivity contribution in [3.05, 3.63) is 77.5 Å². The second kappa shape index (κ2) is 11.1. The normalized spacial score (nSPS) is 11.4. The summed E-state index contributed by atoms with van der Waals surface area (Å²) < 4.78 is 0. The van der Waals surface area contributed by atoms with E-state index in [-0.39, 0.29) is 6.42 Å². The summed E-state index contributed by atoms with van der Waals surface area (Å²) in [6, 6.07) is 16.0. The number of para-hydroxylation sites is 1. The van der Waals surface area contributed by atoms with E-state index in [0.717, 1.165) is 29.6 Å². The highest BCUT2D eigenvalue weighted by molar-refractivity contribution is 5.90. The number of hydrogen-bond donors (Lipinski definition) is 4. The number of hydrogen-bond acceptors (Lipinski definition) is 4. The largest absolute Gasteiger partial charge is 0.481 e. The average Bonchev–Trinajstić information content (AvgIpc) is 3.19. The van der Waals surface area contributed by atoms with Crippen LogP contribution in [0.25, 0.3) is 17.0 Å². The first-order valence-corrected chi connectivity index (χ1v) is 10.3. The summed E-state index contributed by atoms with van der Waals surface area (Å²) in [6.07, 6.45) is 6.55. The lowest BCUT2D eigenvalue weighted by Gasteiger charge is -2.22. The molecule has 1 heterocycles. The Morgan fingerprint density at radius 1 is 1.06 bits per heavy atom. The monoisotopic (exact) mass is 421 g/mol. The van der Waals surface area contributed by atoms with Crippen molar-refractivity contribution in [3.63, 3.8) is 0 Å². The number of H-pyrrole nitrogens is 1. The highest BCUT2D eigenvalue weighted by atomic mass is 16.5. The molecule has 0 radical (unpaired) electrons. The van der Waals surface area contributed by atoms with Crippen molar-refractivity contribution < 1.29 is 19.9 Å². The first-order chi connectivity index (χ1) is 15.0. The summed E-state index contributed by atoms with van der Waals surface area (Å²) >= 11 is 0. The molecule has 0 aliphatic carbocycles. The van der Waals surface area contributed by atoms with Gasteiger partial charge in [0.1, 0.15) is 0 Å². The molecule has 7 nitrogen and oxygen atoms in total. The topological polar surface area (TPSA) is 106 Å². The predicted octanol–water partition coefficient (Wildman–Crippen LogP) is 3.60. The van der Waals surface area contributed by atoms with Gasteiger partial charge in [-0.2, -0.15) is 0 Å². The minimum Gasteiger partial charge on any atom is -0.481 e. The molecule has 0 fully saturated rings. The molecule has 0 bridgehead atoms. The number of rotatable bonds is 11. The maximum absolute atomic E-state index is 11.1. The fraction of sp³-hybridized carbons (Fsp3) is 0.250. The van der Waals surface area contributed by atoms with Gasteiger partial charge in [-0.05, 0) is 48.2 Å². The minimum absolute atomic E-state index is 0.153. The van der Waals surface area contributed by atoms with Crippen LogP contribution in [0.4, 0.5) is 0 Å². The van der Waals surface area contributed by atoms with Crippen LogP contribution in [0.5, 0.6) is 0 Å². The number of carbonyl (C=O) groups is 2. The van der Waals surface area contributed by atoms with Gasteiger partial charge >= 0.3 is 5.97 Å². The molecule has 162 valence electrons. The lowest BCUT2D eigenvalue weighted by Crippen LogP contribution is -2.27. The van der Waals surface area contributed by atoms with Crippen LogP contribution in [0.15, 0.2) is 60.8 Å². The number of aromatic nitrogens is 1. The number of fused-ring (bicyclic) bond motifs is 1. The molecule has 3 rings (SSSR count). The molecule has 0 aliphatic rings. The van der Waals surface area contributed by atoms with E-state index in [2.05, 4.69) is 22.0 Å². The number of carboxylic acid groups (broad SMARTS) is 1. The summed E-state index contributed by atoms with van der Waals surface area (Å²) in [6.45, 7) is 2.23. The summed E-state index contributed by atoms with van der Waals surface area (Å²) in [5.74, 6) is -1.36. The van der Waals surface area contributed by atoms with Gasteiger partial charge in [0.25, 0.3) is 5.91 Å². The zero-order valence-corrected chi connectivity index (χ0v) is 17.3. The molecular weight excluding hydrogens is 394 g/mol. The molecule has 3 aromatic rings. The van der Waals surface area contributed by atoms with Crippen LogP contribution in [0, 0.1) is 0 Å². The van der Waals surface area contributed by atoms with E-state index >= 15 is 0 Å². The number of aromatic amines is 1. The van der Waals surface area contributed by atoms with Gasteiger partial charge in [-0.25, -0.2) is 5.48 Å². The Morgan fingerprint density at radius 2 is 1.84 bits per heavy atom. The lowest BCUT2D eigenvalue weighted by molar-refractivity contribution is -0.137. The number of carboxylic acids is 1. The van der Waals surface area contributed by atoms with Crippen molar-refractivity contribution in [2.24, 2.45) is 0 Å². The summed E-state index contributed by atoms with van der Waals surface area (Å²) in [7, 11) is 0. The molecule has 31 heavy (non-hydrogen) atoms. The highest BCUT2D eigenvalue weighted by Gasteiger charge is 2.10. The van der Waals surface area contributed by atoms with Crippen molar-refractivity contribution in [3.8, 4) is 0 Å². The van der Waals surface area contributed by atoms with Crippen molar-refractivity contribution in [1.29, 1.82) is 0 Å². The average molecular weight is 421 g/mol. The van der Waals surface area contributed by atoms with Crippen molar-refractivity contribution in [2.75, 3.05) is 13.1 Å². The maximum Gasteiger partial charge on any atom is 0.303 e. The molecule has 0 aliphatic heterocycles. The molecule has 1 amide bonds. The minimum atomic E-state index is -0.778. The molecule has 4 N–H and O–H groups in total. The predicted molar refractivity (Wildman–Crippen MR) is 120 cm³/mol. The fourth-order valence-electron chi connectivity index (χ4n) is 3.54. The van der Waals surface area contributed by atoms with Gasteiger partial charge in [0.2, 0.25) is 0 Å². The van der Waals surface area contributed by atoms with Crippen molar-refractivity contribution in [1.82, 2.24) is 15.4 Å². The van der Waals surface area contributed by atoms with Gasteiger partial charge < -0.3 is 10.1 Å². The molecule has 1 aromatic heterocycles. The summed E-state index contributed by atoms with van der Waals surface area (Å²) in [5, 5.41) is 18.7. The van der Waals surface area contributed by atoms with E-state index in [1.165, 1.54) is 17.0 Å². The van der Waals surface area contributed by atoms with Crippen LogP contribution >= 0.6 is 0 Å². The van der Waals surface area contributed by atoms with E-state index in [9.17, 15) is 9.59 Å². The summed E-state index contributed by atoms with van der Waals surface area (Å²) in [4.78, 5) is 27.6. The smallest absolute Gasteiger partial charge is 0.303 e. The SMILES string of the molecule is O=C(O)CCCN(CCc1c[nH]c2ccccc12)Cc1ccc(/C=C/C(=O)NO)cc1. The zero-order valence-electron chi connectivity index (χ0n) is 17.3. The van der Waals surface area contributed by atoms with Crippen LogP contribution in [-0.2, 0) is 22.6 Å². The third kappa shape index (κ3) is 6.80. The number of benzene rings is 2. The van der Waals surface area contributed by atoms with Gasteiger partial charge in [0.05, 0.1) is 0 Å². The number of carbonyl (C=O) groups excluding carboxylic acids is 1. The lowest BCUT2D eigenvalue weighted by atomic mass is 10.1. The van der Waals surface area contributed by atoms with Gasteiger partial charge in [0, 0.05) is 42.7 Å². The number of amides is 1. The molecule has 0 saturated carbocycles. The Hall–Kier alpha value is -3.42. The van der Waals surface area contributed by atoms with Crippen molar-refractivity contribution >= 4 is 28.9 Å².